The van der Waals surface area contributed by atoms with Crippen molar-refractivity contribution in [2.24, 2.45) is 5.10 Å². The topological polar surface area (TPSA) is 98.2 Å². The fraction of sp³-hybridized carbons (Fsp3) is 0.0800. The van der Waals surface area contributed by atoms with Gasteiger partial charge in [0.25, 0.3) is 0 Å². The number of nitrogens with zero attached hydrogens (tertiary/aromatic N) is 1. The van der Waals surface area contributed by atoms with Gasteiger partial charge in [-0.15, -0.1) is 0 Å². The molecule has 3 rings (SSSR count). The van der Waals surface area contributed by atoms with E-state index in [9.17, 15) is 9.59 Å². The number of amides is 2. The molecule has 0 aromatic heterocycles. The van der Waals surface area contributed by atoms with Gasteiger partial charge < -0.3 is 19.5 Å². The molecule has 0 unspecified atom stereocenters. The minimum Gasteiger partial charge on any atom is -0.493 e. The molecule has 2 N–H and O–H groups in total. The molecule has 0 spiro atoms. The molecule has 0 heterocycles. The Morgan fingerprint density at radius 2 is 1.67 bits per heavy atom. The first-order chi connectivity index (χ1) is 16.1. The van der Waals surface area contributed by atoms with Crippen molar-refractivity contribution in [1.82, 2.24) is 5.43 Å². The number of benzene rings is 3. The molecule has 0 fully saturated rings. The summed E-state index contributed by atoms with van der Waals surface area (Å²) in [5.74, 6) is 0.596. The van der Waals surface area contributed by atoms with Crippen molar-refractivity contribution in [2.45, 2.75) is 0 Å². The first kappa shape index (κ1) is 23.1. The molecule has 0 atom stereocenters. The molecule has 0 saturated heterocycles. The smallest absolute Gasteiger partial charge is 0.329 e. The van der Waals surface area contributed by atoms with Crippen LogP contribution in [0.15, 0.2) is 90.6 Å². The summed E-state index contributed by atoms with van der Waals surface area (Å²) in [7, 11) is 1.52. The van der Waals surface area contributed by atoms with Crippen molar-refractivity contribution in [3.05, 3.63) is 91.0 Å². The fourth-order valence-corrected chi connectivity index (χ4v) is 2.67. The van der Waals surface area contributed by atoms with Gasteiger partial charge in [-0.05, 0) is 60.2 Å². The molecule has 0 aliphatic carbocycles. The summed E-state index contributed by atoms with van der Waals surface area (Å²) in [5.41, 5.74) is 3.28. The number of hydrazone groups is 1. The fourth-order valence-electron chi connectivity index (χ4n) is 2.67. The largest absolute Gasteiger partial charge is 0.493 e. The summed E-state index contributed by atoms with van der Waals surface area (Å²) >= 11 is 0. The van der Waals surface area contributed by atoms with Crippen LogP contribution in [0.2, 0.25) is 0 Å². The van der Waals surface area contributed by atoms with E-state index in [1.807, 2.05) is 30.3 Å². The van der Waals surface area contributed by atoms with Gasteiger partial charge in [0.1, 0.15) is 18.1 Å². The normalized spacial score (nSPS) is 10.3. The summed E-state index contributed by atoms with van der Waals surface area (Å²) in [5, 5.41) is 6.32. The molecular weight excluding hydrogens is 422 g/mol. The Labute approximate surface area is 191 Å². The van der Waals surface area contributed by atoms with Gasteiger partial charge in [-0.1, -0.05) is 30.9 Å². The molecule has 8 nitrogen and oxygen atoms in total. The van der Waals surface area contributed by atoms with Crippen LogP contribution in [0.1, 0.15) is 5.56 Å². The van der Waals surface area contributed by atoms with Crippen LogP contribution in [-0.2, 0) is 9.59 Å². The number of carbonyl (C=O) groups excluding carboxylic acids is 2. The second-order valence-electron chi connectivity index (χ2n) is 6.60. The molecule has 3 aromatic rings. The lowest BCUT2D eigenvalue weighted by atomic mass is 10.2. The SMILES string of the molecule is C=CCOc1ccc(/C=N\NC(=O)C(=O)Nc2ccc(Oc3ccccc3)cc2)cc1OC. The highest BCUT2D eigenvalue weighted by Gasteiger charge is 2.13. The monoisotopic (exact) mass is 445 g/mol. The van der Waals surface area contributed by atoms with E-state index in [0.29, 0.717) is 40.9 Å². The molecule has 3 aromatic carbocycles. The maximum absolute atomic E-state index is 12.1. The number of hydrogen-bond acceptors (Lipinski definition) is 6. The van der Waals surface area contributed by atoms with E-state index in [-0.39, 0.29) is 0 Å². The van der Waals surface area contributed by atoms with Crippen LogP contribution in [0.25, 0.3) is 0 Å². The van der Waals surface area contributed by atoms with Crippen LogP contribution in [0.5, 0.6) is 23.0 Å². The Morgan fingerprint density at radius 3 is 2.36 bits per heavy atom. The highest BCUT2D eigenvalue weighted by molar-refractivity contribution is 6.39. The van der Waals surface area contributed by atoms with Crippen molar-refractivity contribution >= 4 is 23.7 Å². The van der Waals surface area contributed by atoms with Crippen LogP contribution < -0.4 is 25.0 Å². The predicted molar refractivity (Wildman–Crippen MR) is 126 cm³/mol. The van der Waals surface area contributed by atoms with Crippen molar-refractivity contribution in [3.63, 3.8) is 0 Å². The number of methoxy groups -OCH3 is 1. The molecule has 0 bridgehead atoms. The predicted octanol–water partition coefficient (Wildman–Crippen LogP) is 4.14. The lowest BCUT2D eigenvalue weighted by Gasteiger charge is -2.09. The number of rotatable bonds is 9. The van der Waals surface area contributed by atoms with Crippen LogP contribution in [-0.4, -0.2) is 31.7 Å². The summed E-state index contributed by atoms with van der Waals surface area (Å²) in [6.07, 6.45) is 3.02. The molecule has 0 aliphatic heterocycles. The Balaban J connectivity index is 1.51. The number of nitrogens with one attached hydrogen (secondary N) is 2. The average molecular weight is 445 g/mol. The van der Waals surface area contributed by atoms with Crippen LogP contribution in [0.3, 0.4) is 0 Å². The molecule has 2 amide bonds. The highest BCUT2D eigenvalue weighted by Crippen LogP contribution is 2.27. The molecule has 0 aliphatic rings. The van der Waals surface area contributed by atoms with Gasteiger partial charge in [0, 0.05) is 5.69 Å². The highest BCUT2D eigenvalue weighted by atomic mass is 16.5. The maximum Gasteiger partial charge on any atom is 0.329 e. The third-order valence-corrected chi connectivity index (χ3v) is 4.22. The third kappa shape index (κ3) is 6.96. The lowest BCUT2D eigenvalue weighted by molar-refractivity contribution is -0.136. The van der Waals surface area contributed by atoms with Crippen molar-refractivity contribution in [3.8, 4) is 23.0 Å². The molecule has 8 heteroatoms. The zero-order chi connectivity index (χ0) is 23.5. The van der Waals surface area contributed by atoms with E-state index in [1.54, 1.807) is 48.5 Å². The third-order valence-electron chi connectivity index (χ3n) is 4.22. The zero-order valence-corrected chi connectivity index (χ0v) is 18.0. The minimum absolute atomic E-state index is 0.345. The van der Waals surface area contributed by atoms with E-state index in [4.69, 9.17) is 14.2 Å². The second kappa shape index (κ2) is 11.7. The molecule has 33 heavy (non-hydrogen) atoms. The summed E-state index contributed by atoms with van der Waals surface area (Å²) in [4.78, 5) is 24.1. The van der Waals surface area contributed by atoms with Gasteiger partial charge in [0.2, 0.25) is 0 Å². The van der Waals surface area contributed by atoms with Crippen LogP contribution in [0.4, 0.5) is 5.69 Å². The number of hydrogen-bond donors (Lipinski definition) is 2. The first-order valence-electron chi connectivity index (χ1n) is 9.98. The standard InChI is InChI=1S/C25H23N3O5/c1-3-15-32-22-14-9-18(16-23(22)31-2)17-26-28-25(30)24(29)27-19-10-12-21(13-11-19)33-20-7-5-4-6-8-20/h3-14,16-17H,1,15H2,2H3,(H,27,29)(H,28,30)/b26-17-. The van der Waals surface area contributed by atoms with Crippen molar-refractivity contribution in [2.75, 3.05) is 19.0 Å². The van der Waals surface area contributed by atoms with Gasteiger partial charge >= 0.3 is 11.8 Å². The number of para-hydroxylation sites is 1. The Morgan fingerprint density at radius 1 is 0.939 bits per heavy atom. The van der Waals surface area contributed by atoms with Gasteiger partial charge in [-0.3, -0.25) is 9.59 Å². The quantitative estimate of drug-likeness (QED) is 0.223. The zero-order valence-electron chi connectivity index (χ0n) is 18.0. The van der Waals surface area contributed by atoms with E-state index in [1.165, 1.54) is 13.3 Å². The Bertz CT molecular complexity index is 1130. The van der Waals surface area contributed by atoms with Crippen LogP contribution in [0, 0.1) is 0 Å². The maximum atomic E-state index is 12.1. The molecule has 168 valence electrons. The van der Waals surface area contributed by atoms with Crippen molar-refractivity contribution in [1.29, 1.82) is 0 Å². The van der Waals surface area contributed by atoms with Gasteiger partial charge in [0.15, 0.2) is 11.5 Å². The van der Waals surface area contributed by atoms with E-state index in [0.717, 1.165) is 0 Å². The molecular formula is C25H23N3O5. The van der Waals surface area contributed by atoms with Gasteiger partial charge in [-0.25, -0.2) is 5.43 Å². The number of anilines is 1. The Kier molecular flexibility index (Phi) is 8.19. The first-order valence-corrected chi connectivity index (χ1v) is 9.98. The second-order valence-corrected chi connectivity index (χ2v) is 6.60. The van der Waals surface area contributed by atoms with Crippen molar-refractivity contribution < 1.29 is 23.8 Å². The molecule has 0 radical (unpaired) electrons. The van der Waals surface area contributed by atoms with E-state index < -0.39 is 11.8 Å². The number of ether oxygens (including phenoxy) is 3. The van der Waals surface area contributed by atoms with Gasteiger partial charge in [-0.2, -0.15) is 5.10 Å². The number of carbonyl (C=O) groups is 2. The lowest BCUT2D eigenvalue weighted by Crippen LogP contribution is -2.32. The summed E-state index contributed by atoms with van der Waals surface area (Å²) in [6, 6.07) is 21.1. The minimum atomic E-state index is -0.909. The molecule has 0 saturated carbocycles. The Hall–Kier alpha value is -4.59. The van der Waals surface area contributed by atoms with Gasteiger partial charge in [0.05, 0.1) is 13.3 Å². The summed E-state index contributed by atoms with van der Waals surface area (Å²) in [6.45, 7) is 3.94. The average Bonchev–Trinajstić information content (AvgIpc) is 2.84. The van der Waals surface area contributed by atoms with E-state index in [2.05, 4.69) is 22.4 Å². The van der Waals surface area contributed by atoms with Crippen LogP contribution >= 0.6 is 0 Å². The summed E-state index contributed by atoms with van der Waals surface area (Å²) < 4.78 is 16.4. The van der Waals surface area contributed by atoms with E-state index >= 15 is 0 Å².